The molecule has 5 amide bonds. The normalized spacial score (nSPS) is 19.3. The van der Waals surface area contributed by atoms with Gasteiger partial charge in [-0.2, -0.15) is 0 Å². The van der Waals surface area contributed by atoms with Gasteiger partial charge in [-0.3, -0.25) is 28.8 Å². The average molecular weight is 790 g/mol. The summed E-state index contributed by atoms with van der Waals surface area (Å²) in [7, 11) is 0. The van der Waals surface area contributed by atoms with E-state index in [0.29, 0.717) is 42.7 Å². The van der Waals surface area contributed by atoms with E-state index in [9.17, 15) is 33.6 Å². The number of hydrogen-bond donors (Lipinski definition) is 5. The van der Waals surface area contributed by atoms with Crippen LogP contribution in [0.15, 0.2) is 54.6 Å². The van der Waals surface area contributed by atoms with Gasteiger partial charge in [0.2, 0.25) is 29.4 Å². The van der Waals surface area contributed by atoms with Crippen LogP contribution in [0, 0.1) is 5.92 Å². The quantitative estimate of drug-likeness (QED) is 0.101. The lowest BCUT2D eigenvalue weighted by molar-refractivity contribution is -0.148. The fraction of sp³-hybridized carbons (Fsp3) is 0.558. The number of ketones is 1. The molecule has 1 fully saturated rings. The van der Waals surface area contributed by atoms with Crippen molar-refractivity contribution in [3.63, 3.8) is 0 Å². The second kappa shape index (κ2) is 23.7. The van der Waals surface area contributed by atoms with Crippen molar-refractivity contribution in [3.8, 4) is 5.75 Å². The lowest BCUT2D eigenvalue weighted by Gasteiger charge is -2.31. The van der Waals surface area contributed by atoms with Gasteiger partial charge >= 0.3 is 5.97 Å². The molecule has 2 bridgehead atoms. The van der Waals surface area contributed by atoms with Crippen LogP contribution in [0.3, 0.4) is 0 Å². The van der Waals surface area contributed by atoms with Gasteiger partial charge < -0.3 is 36.1 Å². The van der Waals surface area contributed by atoms with Crippen LogP contribution in [0.5, 0.6) is 5.75 Å². The lowest BCUT2D eigenvalue weighted by atomic mass is 9.83. The number of hydrogen-bond acceptors (Lipinski definition) is 9. The SMILES string of the molecule is CCCCOC(=O)[C@@H](NC(=O)CNC(=O)C(=O)C(CCC)NC(=O)[C@@H]1Cc2cccc(c2)OCCCCCC(=O)N[C@@H](C2CCCCC2)C(=O)N1)c1ccccc1. The highest BCUT2D eigenvalue weighted by Gasteiger charge is 2.35. The molecular formula is C43H59N5O9. The molecule has 1 saturated carbocycles. The van der Waals surface area contributed by atoms with Crippen LogP contribution in [-0.2, 0) is 44.7 Å². The van der Waals surface area contributed by atoms with Crippen molar-refractivity contribution >= 4 is 41.3 Å². The van der Waals surface area contributed by atoms with Crippen molar-refractivity contribution < 1.29 is 43.0 Å². The molecule has 14 nitrogen and oxygen atoms in total. The molecule has 1 heterocycles. The molecule has 2 aromatic carbocycles. The zero-order valence-electron chi connectivity index (χ0n) is 33.3. The van der Waals surface area contributed by atoms with Crippen LogP contribution < -0.4 is 31.3 Å². The summed E-state index contributed by atoms with van der Waals surface area (Å²) < 4.78 is 11.3. The predicted molar refractivity (Wildman–Crippen MR) is 213 cm³/mol. The molecule has 310 valence electrons. The predicted octanol–water partition coefficient (Wildman–Crippen LogP) is 3.90. The molecule has 1 aliphatic carbocycles. The minimum atomic E-state index is -1.27. The Bertz CT molecular complexity index is 1660. The Labute approximate surface area is 335 Å². The van der Waals surface area contributed by atoms with Crippen LogP contribution in [0.25, 0.3) is 0 Å². The Morgan fingerprint density at radius 1 is 0.860 bits per heavy atom. The van der Waals surface area contributed by atoms with Gasteiger partial charge in [-0.1, -0.05) is 88.4 Å². The fourth-order valence-corrected chi connectivity index (χ4v) is 7.11. The fourth-order valence-electron chi connectivity index (χ4n) is 7.11. The molecule has 57 heavy (non-hydrogen) atoms. The van der Waals surface area contributed by atoms with Crippen LogP contribution in [0.4, 0.5) is 0 Å². The molecule has 2 aliphatic rings. The van der Waals surface area contributed by atoms with Crippen molar-refractivity contribution in [3.05, 3.63) is 65.7 Å². The number of nitrogens with one attached hydrogen (secondary N) is 5. The van der Waals surface area contributed by atoms with E-state index in [1.54, 1.807) is 49.4 Å². The van der Waals surface area contributed by atoms with Gasteiger partial charge in [0.15, 0.2) is 6.04 Å². The van der Waals surface area contributed by atoms with Crippen molar-refractivity contribution in [1.82, 2.24) is 26.6 Å². The maximum absolute atomic E-state index is 14.1. The van der Waals surface area contributed by atoms with E-state index < -0.39 is 66.1 Å². The Morgan fingerprint density at radius 2 is 1.61 bits per heavy atom. The van der Waals surface area contributed by atoms with E-state index in [1.807, 2.05) is 19.1 Å². The standard InChI is InChI=1S/C43H59N5O9/c1-3-5-24-57-43(55)38(31-20-11-7-12-21-31)48-36(50)28-44-42(54)39(51)33(16-4-2)45-40(52)34-27-29-17-15-22-32(26-29)56-25-14-8-13-23-35(49)47-37(41(53)46-34)30-18-9-6-10-19-30/h7,11-12,15,17,20-22,26,30,33-34,37-38H,3-6,8-10,13-14,16,18-19,23-25,27-28H2,1-2H3,(H,44,54)(H,45,52)(H,46,53)(H,47,49)(H,48,50)/t33?,34-,37-,38-/m0/s1. The van der Waals surface area contributed by atoms with E-state index in [0.717, 1.165) is 51.4 Å². The number of rotatable bonds is 15. The minimum Gasteiger partial charge on any atom is -0.494 e. The maximum atomic E-state index is 14.1. The summed E-state index contributed by atoms with van der Waals surface area (Å²) in [6.45, 7) is 3.77. The van der Waals surface area contributed by atoms with Crippen LogP contribution >= 0.6 is 0 Å². The largest absolute Gasteiger partial charge is 0.494 e. The molecule has 5 N–H and O–H groups in total. The summed E-state index contributed by atoms with van der Waals surface area (Å²) in [6.07, 6.45) is 8.96. The third-order valence-corrected chi connectivity index (χ3v) is 10.3. The number of unbranched alkanes of at least 4 members (excludes halogenated alkanes) is 1. The Kier molecular flexibility index (Phi) is 18.5. The van der Waals surface area contributed by atoms with Gasteiger partial charge in [0.25, 0.3) is 5.91 Å². The summed E-state index contributed by atoms with van der Waals surface area (Å²) in [4.78, 5) is 93.7. The lowest BCUT2D eigenvalue weighted by Crippen LogP contribution is -2.59. The summed E-state index contributed by atoms with van der Waals surface area (Å²) in [6, 6.07) is 11.4. The van der Waals surface area contributed by atoms with Gasteiger partial charge in [-0.05, 0) is 74.1 Å². The van der Waals surface area contributed by atoms with Crippen molar-refractivity contribution in [2.45, 2.75) is 128 Å². The number of Topliss-reactive ketones (excluding diaryl/α,β-unsaturated/α-hetero) is 1. The zero-order valence-corrected chi connectivity index (χ0v) is 33.3. The number of ether oxygens (including phenoxy) is 2. The van der Waals surface area contributed by atoms with Crippen LogP contribution in [0.2, 0.25) is 0 Å². The second-order valence-electron chi connectivity index (χ2n) is 14.8. The third-order valence-electron chi connectivity index (χ3n) is 10.3. The van der Waals surface area contributed by atoms with Crippen LogP contribution in [0.1, 0.15) is 114 Å². The van der Waals surface area contributed by atoms with Gasteiger partial charge in [0, 0.05) is 12.8 Å². The van der Waals surface area contributed by atoms with Gasteiger partial charge in [0.1, 0.15) is 17.8 Å². The van der Waals surface area contributed by atoms with E-state index in [-0.39, 0.29) is 37.7 Å². The topological polar surface area (TPSA) is 198 Å². The number of benzene rings is 2. The Balaban J connectivity index is 1.48. The third kappa shape index (κ3) is 14.6. The number of amides is 5. The molecule has 4 atom stereocenters. The molecule has 0 radical (unpaired) electrons. The van der Waals surface area contributed by atoms with E-state index in [2.05, 4.69) is 26.6 Å². The summed E-state index contributed by atoms with van der Waals surface area (Å²) in [5.74, 6) is -4.34. The molecule has 0 saturated heterocycles. The van der Waals surface area contributed by atoms with Gasteiger partial charge in [-0.25, -0.2) is 4.79 Å². The maximum Gasteiger partial charge on any atom is 0.333 e. The van der Waals surface area contributed by atoms with Crippen LogP contribution in [-0.4, -0.2) is 79.2 Å². The first-order chi connectivity index (χ1) is 27.6. The number of carbonyl (C=O) groups excluding carboxylic acids is 7. The molecule has 4 rings (SSSR count). The average Bonchev–Trinajstić information content (AvgIpc) is 3.22. The van der Waals surface area contributed by atoms with E-state index in [1.165, 1.54) is 0 Å². The van der Waals surface area contributed by atoms with Crippen molar-refractivity contribution in [1.29, 1.82) is 0 Å². The smallest absolute Gasteiger partial charge is 0.333 e. The molecule has 1 unspecified atom stereocenters. The number of carbonyl (C=O) groups is 7. The second-order valence-corrected chi connectivity index (χ2v) is 14.8. The molecule has 2 aromatic rings. The number of esters is 1. The molecule has 0 aromatic heterocycles. The van der Waals surface area contributed by atoms with Gasteiger partial charge in [0.05, 0.1) is 25.8 Å². The monoisotopic (exact) mass is 789 g/mol. The highest BCUT2D eigenvalue weighted by molar-refractivity contribution is 6.38. The summed E-state index contributed by atoms with van der Waals surface area (Å²) in [5.41, 5.74) is 1.19. The minimum absolute atomic E-state index is 0.0446. The molecule has 0 spiro atoms. The number of fused-ring (bicyclic) bond motifs is 2. The molecular weight excluding hydrogens is 730 g/mol. The zero-order chi connectivity index (χ0) is 41.0. The summed E-state index contributed by atoms with van der Waals surface area (Å²) in [5, 5.41) is 13.4. The van der Waals surface area contributed by atoms with Crippen molar-refractivity contribution in [2.24, 2.45) is 5.92 Å². The molecule has 1 aliphatic heterocycles. The first kappa shape index (κ1) is 44.4. The molecule has 14 heteroatoms. The first-order valence-corrected chi connectivity index (χ1v) is 20.5. The highest BCUT2D eigenvalue weighted by Crippen LogP contribution is 2.27. The van der Waals surface area contributed by atoms with Gasteiger partial charge in [-0.15, -0.1) is 0 Å². The Hall–Kier alpha value is -5.27. The van der Waals surface area contributed by atoms with Crippen molar-refractivity contribution in [2.75, 3.05) is 19.8 Å². The summed E-state index contributed by atoms with van der Waals surface area (Å²) >= 11 is 0. The Morgan fingerprint density at radius 3 is 2.35 bits per heavy atom. The van der Waals surface area contributed by atoms with E-state index in [4.69, 9.17) is 9.47 Å². The highest BCUT2D eigenvalue weighted by atomic mass is 16.5. The first-order valence-electron chi connectivity index (χ1n) is 20.5. The van der Waals surface area contributed by atoms with E-state index >= 15 is 0 Å².